The first-order valence-electron chi connectivity index (χ1n) is 7.92. The van der Waals surface area contributed by atoms with Crippen molar-refractivity contribution in [2.24, 2.45) is 0 Å². The van der Waals surface area contributed by atoms with Gasteiger partial charge < -0.3 is 4.74 Å². The largest absolute Gasteiger partial charge is 0.480 e. The number of terminal acetylenes is 1. The first-order chi connectivity index (χ1) is 12.1. The molecule has 0 fully saturated rings. The first kappa shape index (κ1) is 15.7. The van der Waals surface area contributed by atoms with Crippen molar-refractivity contribution in [2.45, 2.75) is 25.9 Å². The summed E-state index contributed by atoms with van der Waals surface area (Å²) in [5.74, 6) is 3.28. The molecular weight excluding hydrogens is 342 g/mol. The third-order valence-electron chi connectivity index (χ3n) is 4.32. The number of anilines is 1. The zero-order valence-electron chi connectivity index (χ0n) is 13.3. The SMILES string of the molecule is C#CCN1C(=O)COc2ccc(-n3c(=O)n4n(c3=S)CCCC4)nc21. The van der Waals surface area contributed by atoms with E-state index in [2.05, 4.69) is 10.9 Å². The van der Waals surface area contributed by atoms with Gasteiger partial charge in [-0.3, -0.25) is 14.4 Å². The minimum absolute atomic E-state index is 0.0850. The predicted molar refractivity (Wildman–Crippen MR) is 92.6 cm³/mol. The van der Waals surface area contributed by atoms with Crippen molar-refractivity contribution in [3.63, 3.8) is 0 Å². The second kappa shape index (κ2) is 5.89. The quantitative estimate of drug-likeness (QED) is 0.585. The molecule has 2 aliphatic rings. The van der Waals surface area contributed by atoms with Gasteiger partial charge in [-0.25, -0.2) is 19.0 Å². The first-order valence-corrected chi connectivity index (χ1v) is 8.33. The van der Waals surface area contributed by atoms with Crippen LogP contribution in [0.5, 0.6) is 5.75 Å². The van der Waals surface area contributed by atoms with Crippen LogP contribution in [-0.4, -0.2) is 38.0 Å². The highest BCUT2D eigenvalue weighted by molar-refractivity contribution is 7.71. The molecule has 4 heterocycles. The van der Waals surface area contributed by atoms with Crippen LogP contribution in [0.15, 0.2) is 16.9 Å². The number of hydrogen-bond donors (Lipinski definition) is 0. The average molecular weight is 357 g/mol. The number of aromatic nitrogens is 4. The predicted octanol–water partition coefficient (Wildman–Crippen LogP) is 0.717. The van der Waals surface area contributed by atoms with Crippen molar-refractivity contribution < 1.29 is 9.53 Å². The van der Waals surface area contributed by atoms with E-state index in [1.165, 1.54) is 9.47 Å². The van der Waals surface area contributed by atoms with Gasteiger partial charge in [0.15, 0.2) is 18.2 Å². The van der Waals surface area contributed by atoms with Crippen molar-refractivity contribution >= 4 is 23.9 Å². The smallest absolute Gasteiger partial charge is 0.351 e. The fraction of sp³-hybridized carbons (Fsp3) is 0.375. The lowest BCUT2D eigenvalue weighted by atomic mass is 10.3. The Morgan fingerprint density at radius 2 is 2.00 bits per heavy atom. The Hall–Kier alpha value is -2.86. The van der Waals surface area contributed by atoms with E-state index in [0.29, 0.717) is 35.2 Å². The molecule has 0 atom stereocenters. The van der Waals surface area contributed by atoms with E-state index in [1.54, 1.807) is 21.5 Å². The Morgan fingerprint density at radius 1 is 1.24 bits per heavy atom. The Morgan fingerprint density at radius 3 is 2.72 bits per heavy atom. The maximum Gasteiger partial charge on any atom is 0.351 e. The molecule has 128 valence electrons. The average Bonchev–Trinajstić information content (AvgIpc) is 2.88. The molecule has 0 saturated carbocycles. The Kier molecular flexibility index (Phi) is 3.69. The molecule has 0 radical (unpaired) electrons. The third kappa shape index (κ3) is 2.37. The fourth-order valence-corrected chi connectivity index (χ4v) is 3.48. The lowest BCUT2D eigenvalue weighted by molar-refractivity contribution is -0.121. The molecule has 9 heteroatoms. The second-order valence-electron chi connectivity index (χ2n) is 5.82. The van der Waals surface area contributed by atoms with Gasteiger partial charge >= 0.3 is 5.69 Å². The van der Waals surface area contributed by atoms with Gasteiger partial charge in [0.05, 0.1) is 6.54 Å². The van der Waals surface area contributed by atoms with E-state index in [9.17, 15) is 9.59 Å². The van der Waals surface area contributed by atoms with Crippen LogP contribution in [-0.2, 0) is 17.9 Å². The van der Waals surface area contributed by atoms with Crippen molar-refractivity contribution in [1.82, 2.24) is 18.9 Å². The number of carbonyl (C=O) groups excluding carboxylic acids is 1. The molecule has 0 spiro atoms. The van der Waals surface area contributed by atoms with E-state index in [1.807, 2.05) is 0 Å². The maximum atomic E-state index is 12.7. The van der Waals surface area contributed by atoms with Gasteiger partial charge in [-0.1, -0.05) is 5.92 Å². The molecule has 2 aromatic rings. The summed E-state index contributed by atoms with van der Waals surface area (Å²) in [4.78, 5) is 30.6. The normalized spacial score (nSPS) is 16.0. The van der Waals surface area contributed by atoms with Crippen LogP contribution in [0.1, 0.15) is 12.8 Å². The molecule has 8 nitrogen and oxygen atoms in total. The van der Waals surface area contributed by atoms with Gasteiger partial charge in [0.2, 0.25) is 4.77 Å². The van der Waals surface area contributed by atoms with Crippen molar-refractivity contribution in [1.29, 1.82) is 0 Å². The lowest BCUT2D eigenvalue weighted by Crippen LogP contribution is -2.40. The van der Waals surface area contributed by atoms with Gasteiger partial charge in [-0.2, -0.15) is 0 Å². The standard InChI is InChI=1S/C16H15N5O3S/c1-2-7-18-13(22)10-24-11-5-6-12(17-14(11)18)21-15(23)19-8-3-4-9-20(19)16(21)25/h1,5-6H,3-4,7-10H2. The summed E-state index contributed by atoms with van der Waals surface area (Å²) in [5.41, 5.74) is -0.233. The highest BCUT2D eigenvalue weighted by atomic mass is 32.1. The number of pyridine rings is 1. The van der Waals surface area contributed by atoms with E-state index in [-0.39, 0.29) is 24.7 Å². The Bertz CT molecular complexity index is 988. The maximum absolute atomic E-state index is 12.7. The number of fused-ring (bicyclic) bond motifs is 2. The van der Waals surface area contributed by atoms with Crippen LogP contribution in [0.3, 0.4) is 0 Å². The summed E-state index contributed by atoms with van der Waals surface area (Å²) >= 11 is 5.46. The fourth-order valence-electron chi connectivity index (χ4n) is 3.12. The Labute approximate surface area is 148 Å². The number of nitrogens with zero attached hydrogens (tertiary/aromatic N) is 5. The zero-order chi connectivity index (χ0) is 17.6. The summed E-state index contributed by atoms with van der Waals surface area (Å²) in [6.07, 6.45) is 7.27. The second-order valence-corrected chi connectivity index (χ2v) is 6.18. The summed E-state index contributed by atoms with van der Waals surface area (Å²) in [5, 5.41) is 0. The van der Waals surface area contributed by atoms with E-state index in [4.69, 9.17) is 23.4 Å². The van der Waals surface area contributed by atoms with Gasteiger partial charge in [0.1, 0.15) is 5.82 Å². The zero-order valence-corrected chi connectivity index (χ0v) is 14.2. The number of rotatable bonds is 2. The highest BCUT2D eigenvalue weighted by Crippen LogP contribution is 2.30. The molecule has 2 aromatic heterocycles. The lowest BCUT2D eigenvalue weighted by Gasteiger charge is -2.26. The topological polar surface area (TPSA) is 74.3 Å². The molecule has 2 aliphatic heterocycles. The number of amides is 1. The molecule has 0 aromatic carbocycles. The minimum atomic E-state index is -0.272. The molecule has 4 rings (SSSR count). The molecular formula is C16H15N5O3S. The number of carbonyl (C=O) groups is 1. The van der Waals surface area contributed by atoms with Crippen molar-refractivity contribution in [2.75, 3.05) is 18.1 Å². The van der Waals surface area contributed by atoms with Gasteiger partial charge in [0.25, 0.3) is 5.91 Å². The molecule has 25 heavy (non-hydrogen) atoms. The molecule has 0 N–H and O–H groups in total. The summed E-state index contributed by atoms with van der Waals surface area (Å²) in [6, 6.07) is 3.34. The van der Waals surface area contributed by atoms with E-state index >= 15 is 0 Å². The summed E-state index contributed by atoms with van der Waals surface area (Å²) in [7, 11) is 0. The summed E-state index contributed by atoms with van der Waals surface area (Å²) in [6.45, 7) is 1.34. The number of hydrogen-bond acceptors (Lipinski definition) is 5. The summed E-state index contributed by atoms with van der Waals surface area (Å²) < 4.78 is 10.6. The van der Waals surface area contributed by atoms with Crippen LogP contribution in [0.25, 0.3) is 5.82 Å². The highest BCUT2D eigenvalue weighted by Gasteiger charge is 2.28. The minimum Gasteiger partial charge on any atom is -0.480 e. The van der Waals surface area contributed by atoms with Crippen LogP contribution in [0, 0.1) is 17.1 Å². The van der Waals surface area contributed by atoms with E-state index < -0.39 is 0 Å². The molecule has 0 saturated heterocycles. The molecule has 0 unspecified atom stereocenters. The molecule has 0 bridgehead atoms. The van der Waals surface area contributed by atoms with Crippen LogP contribution >= 0.6 is 12.2 Å². The molecule has 1 amide bonds. The van der Waals surface area contributed by atoms with Gasteiger partial charge in [0, 0.05) is 13.1 Å². The van der Waals surface area contributed by atoms with Gasteiger partial charge in [-0.15, -0.1) is 6.42 Å². The Balaban J connectivity index is 1.88. The van der Waals surface area contributed by atoms with Crippen LogP contribution in [0.4, 0.5) is 5.82 Å². The van der Waals surface area contributed by atoms with Crippen molar-refractivity contribution in [3.05, 3.63) is 27.4 Å². The number of ether oxygens (including phenoxy) is 1. The van der Waals surface area contributed by atoms with E-state index in [0.717, 1.165) is 12.8 Å². The van der Waals surface area contributed by atoms with Crippen molar-refractivity contribution in [3.8, 4) is 23.9 Å². The van der Waals surface area contributed by atoms with Gasteiger partial charge in [-0.05, 0) is 37.2 Å². The van der Waals surface area contributed by atoms with Crippen LogP contribution in [0.2, 0.25) is 0 Å². The van der Waals surface area contributed by atoms with Crippen LogP contribution < -0.4 is 15.3 Å². The molecule has 0 aliphatic carbocycles. The monoisotopic (exact) mass is 357 g/mol. The third-order valence-corrected chi connectivity index (χ3v) is 4.71.